The molecule has 0 fully saturated rings. The largest absolute Gasteiger partial charge is 0.357 e. The van der Waals surface area contributed by atoms with E-state index in [4.69, 9.17) is 0 Å². The minimum Gasteiger partial charge on any atom is -0.357 e. The van der Waals surface area contributed by atoms with Gasteiger partial charge in [-0.25, -0.2) is 0 Å². The van der Waals surface area contributed by atoms with Crippen molar-refractivity contribution in [1.29, 1.82) is 0 Å². The van der Waals surface area contributed by atoms with Crippen molar-refractivity contribution in [2.45, 2.75) is 18.4 Å². The van der Waals surface area contributed by atoms with Gasteiger partial charge in [-0.05, 0) is 41.1 Å². The van der Waals surface area contributed by atoms with Gasteiger partial charge in [-0.3, -0.25) is 9.20 Å². The molecule has 2 rings (SSSR count). The maximum Gasteiger partial charge on any atom is 0.194 e. The minimum atomic E-state index is -1.02. The summed E-state index contributed by atoms with van der Waals surface area (Å²) < 4.78 is 15.5. The SMILES string of the molecule is CCNC(=NCCS(=O)c1ccccc1)N(C)Cc1cc(Br)cn1C.I. The average molecular weight is 553 g/mol. The standard InChI is InChI=1S/C18H25BrN4OS.HI/c1-4-20-18(23(3)14-16-12-15(19)13-22(16)2)21-10-11-25(24)17-8-6-5-7-9-17;/h5-9,12-13H,4,10-11,14H2,1-3H3,(H,20,21);1H. The third kappa shape index (κ3) is 7.03. The van der Waals surface area contributed by atoms with Crippen molar-refractivity contribution >= 4 is 56.7 Å². The van der Waals surface area contributed by atoms with Crippen molar-refractivity contribution in [3.05, 3.63) is 52.8 Å². The summed E-state index contributed by atoms with van der Waals surface area (Å²) in [5.41, 5.74) is 1.19. The molecule has 0 aliphatic heterocycles. The molecule has 1 atom stereocenters. The highest BCUT2D eigenvalue weighted by molar-refractivity contribution is 14.0. The van der Waals surface area contributed by atoms with Gasteiger partial charge in [-0.1, -0.05) is 18.2 Å². The number of rotatable bonds is 7. The molecule has 0 amide bonds. The number of halogens is 2. The second-order valence-electron chi connectivity index (χ2n) is 5.71. The van der Waals surface area contributed by atoms with Crippen LogP contribution in [0.2, 0.25) is 0 Å². The zero-order valence-electron chi connectivity index (χ0n) is 15.3. The fourth-order valence-electron chi connectivity index (χ4n) is 2.44. The third-order valence-corrected chi connectivity index (χ3v) is 5.50. The number of benzene rings is 1. The normalized spacial score (nSPS) is 12.4. The van der Waals surface area contributed by atoms with Crippen molar-refractivity contribution in [1.82, 2.24) is 14.8 Å². The molecule has 0 aliphatic rings. The van der Waals surface area contributed by atoms with Gasteiger partial charge in [0.25, 0.3) is 0 Å². The van der Waals surface area contributed by atoms with Crippen LogP contribution in [0.1, 0.15) is 12.6 Å². The van der Waals surface area contributed by atoms with Crippen molar-refractivity contribution < 1.29 is 4.21 Å². The van der Waals surface area contributed by atoms with Crippen molar-refractivity contribution in [3.8, 4) is 0 Å². The second-order valence-corrected chi connectivity index (χ2v) is 8.20. The van der Waals surface area contributed by atoms with Gasteiger partial charge in [-0.2, -0.15) is 0 Å². The van der Waals surface area contributed by atoms with Crippen molar-refractivity contribution in [3.63, 3.8) is 0 Å². The molecule has 5 nitrogen and oxygen atoms in total. The summed E-state index contributed by atoms with van der Waals surface area (Å²) in [4.78, 5) is 7.56. The van der Waals surface area contributed by atoms with E-state index < -0.39 is 10.8 Å². The lowest BCUT2D eigenvalue weighted by Crippen LogP contribution is -2.39. The fourth-order valence-corrected chi connectivity index (χ4v) is 3.96. The van der Waals surface area contributed by atoms with E-state index >= 15 is 0 Å². The summed E-state index contributed by atoms with van der Waals surface area (Å²) in [6, 6.07) is 11.6. The Morgan fingerprint density at radius 2 is 2.04 bits per heavy atom. The number of hydrogen-bond acceptors (Lipinski definition) is 2. The van der Waals surface area contributed by atoms with Gasteiger partial charge in [0.05, 0.1) is 23.9 Å². The second kappa shape index (κ2) is 11.8. The lowest BCUT2D eigenvalue weighted by atomic mass is 10.4. The minimum absolute atomic E-state index is 0. The monoisotopic (exact) mass is 552 g/mol. The molecule has 1 heterocycles. The summed E-state index contributed by atoms with van der Waals surface area (Å²) in [5, 5.41) is 3.30. The topological polar surface area (TPSA) is 49.6 Å². The summed E-state index contributed by atoms with van der Waals surface area (Å²) in [5.74, 6) is 1.34. The molecule has 0 saturated heterocycles. The highest BCUT2D eigenvalue weighted by Crippen LogP contribution is 2.15. The van der Waals surface area contributed by atoms with E-state index in [2.05, 4.69) is 41.8 Å². The summed E-state index contributed by atoms with van der Waals surface area (Å²) in [6.07, 6.45) is 2.04. The molecule has 0 aliphatic carbocycles. The molecule has 1 aromatic carbocycles. The predicted octanol–water partition coefficient (Wildman–Crippen LogP) is 3.61. The number of guanidine groups is 1. The van der Waals surface area contributed by atoms with Gasteiger partial charge in [-0.15, -0.1) is 24.0 Å². The molecule has 0 spiro atoms. The van der Waals surface area contributed by atoms with Crippen LogP contribution in [0.15, 0.2) is 57.0 Å². The molecule has 1 N–H and O–H groups in total. The zero-order valence-corrected chi connectivity index (χ0v) is 20.0. The maximum atomic E-state index is 12.3. The molecule has 1 unspecified atom stereocenters. The molecule has 144 valence electrons. The van der Waals surface area contributed by atoms with E-state index in [1.165, 1.54) is 5.69 Å². The Morgan fingerprint density at radius 1 is 1.35 bits per heavy atom. The first-order chi connectivity index (χ1) is 12.0. The van der Waals surface area contributed by atoms with E-state index in [1.807, 2.05) is 57.5 Å². The van der Waals surface area contributed by atoms with Gasteiger partial charge >= 0.3 is 0 Å². The number of nitrogens with zero attached hydrogens (tertiary/aromatic N) is 3. The molecule has 0 radical (unpaired) electrons. The Hall–Kier alpha value is -0.870. The Bertz CT molecular complexity index is 736. The maximum absolute atomic E-state index is 12.3. The Kier molecular flexibility index (Phi) is 10.5. The van der Waals surface area contributed by atoms with Gasteiger partial charge in [0.15, 0.2) is 5.96 Å². The number of nitrogens with one attached hydrogen (secondary N) is 1. The van der Waals surface area contributed by atoms with E-state index in [0.717, 1.165) is 28.4 Å². The molecular weight excluding hydrogens is 527 g/mol. The molecule has 1 aromatic heterocycles. The first-order valence-electron chi connectivity index (χ1n) is 8.25. The van der Waals surface area contributed by atoms with Crippen LogP contribution in [0.4, 0.5) is 0 Å². The first kappa shape index (κ1) is 23.2. The number of hydrogen-bond donors (Lipinski definition) is 1. The molecule has 0 saturated carbocycles. The van der Waals surface area contributed by atoms with Crippen LogP contribution >= 0.6 is 39.9 Å². The van der Waals surface area contributed by atoms with Crippen LogP contribution in [0, 0.1) is 0 Å². The summed E-state index contributed by atoms with van der Waals surface area (Å²) >= 11 is 3.50. The fraction of sp³-hybridized carbons (Fsp3) is 0.389. The number of aliphatic imine (C=N–C) groups is 1. The highest BCUT2D eigenvalue weighted by atomic mass is 127. The Balaban J connectivity index is 0.00000338. The molecule has 8 heteroatoms. The van der Waals surface area contributed by atoms with E-state index in [-0.39, 0.29) is 24.0 Å². The lowest BCUT2D eigenvalue weighted by molar-refractivity contribution is 0.462. The number of aromatic nitrogens is 1. The first-order valence-corrected chi connectivity index (χ1v) is 10.4. The summed E-state index contributed by atoms with van der Waals surface area (Å²) in [7, 11) is 3.02. The smallest absolute Gasteiger partial charge is 0.194 e. The van der Waals surface area contributed by atoms with Crippen LogP contribution in [-0.4, -0.2) is 45.5 Å². The summed E-state index contributed by atoms with van der Waals surface area (Å²) in [6.45, 7) is 4.10. The third-order valence-electron chi connectivity index (χ3n) is 3.71. The van der Waals surface area contributed by atoms with Crippen molar-refractivity contribution in [2.75, 3.05) is 25.9 Å². The van der Waals surface area contributed by atoms with E-state index in [9.17, 15) is 4.21 Å². The van der Waals surface area contributed by atoms with Crippen molar-refractivity contribution in [2.24, 2.45) is 12.0 Å². The lowest BCUT2D eigenvalue weighted by Gasteiger charge is -2.22. The van der Waals surface area contributed by atoms with Crippen LogP contribution in [0.25, 0.3) is 0 Å². The number of aryl methyl sites for hydroxylation is 1. The Morgan fingerprint density at radius 3 is 2.62 bits per heavy atom. The molecule has 26 heavy (non-hydrogen) atoms. The van der Waals surface area contributed by atoms with E-state index in [0.29, 0.717) is 12.3 Å². The Labute approximate surface area is 183 Å². The zero-order chi connectivity index (χ0) is 18.2. The highest BCUT2D eigenvalue weighted by Gasteiger charge is 2.10. The molecule has 0 bridgehead atoms. The van der Waals surface area contributed by atoms with Gasteiger partial charge in [0, 0.05) is 47.7 Å². The van der Waals surface area contributed by atoms with Crippen LogP contribution < -0.4 is 5.32 Å². The van der Waals surface area contributed by atoms with Crippen LogP contribution in [0.5, 0.6) is 0 Å². The quantitative estimate of drug-likeness (QED) is 0.324. The predicted molar refractivity (Wildman–Crippen MR) is 124 cm³/mol. The average Bonchev–Trinajstić information content (AvgIpc) is 2.91. The van der Waals surface area contributed by atoms with Gasteiger partial charge in [0.1, 0.15) is 0 Å². The van der Waals surface area contributed by atoms with Gasteiger partial charge < -0.3 is 14.8 Å². The van der Waals surface area contributed by atoms with E-state index in [1.54, 1.807) is 0 Å². The molecule has 2 aromatic rings. The van der Waals surface area contributed by atoms with Gasteiger partial charge in [0.2, 0.25) is 0 Å². The molecular formula is C18H26BrIN4OS. The van der Waals surface area contributed by atoms with Crippen LogP contribution in [0.3, 0.4) is 0 Å². The van der Waals surface area contributed by atoms with Crippen LogP contribution in [-0.2, 0) is 24.4 Å².